The molecule has 0 aromatic heterocycles. The third-order valence-electron chi connectivity index (χ3n) is 6.10. The van der Waals surface area contributed by atoms with Gasteiger partial charge in [0.2, 0.25) is 11.8 Å². The molecule has 1 heterocycles. The molecule has 7 nitrogen and oxygen atoms in total. The molecule has 1 aliphatic carbocycles. The van der Waals surface area contributed by atoms with Gasteiger partial charge >= 0.3 is 5.97 Å². The summed E-state index contributed by atoms with van der Waals surface area (Å²) >= 11 is 6.19. The molecule has 2 aliphatic rings. The molecule has 0 bridgehead atoms. The predicted molar refractivity (Wildman–Crippen MR) is 117 cm³/mol. The van der Waals surface area contributed by atoms with Gasteiger partial charge in [0.05, 0.1) is 29.2 Å². The Morgan fingerprint density at radius 2 is 1.97 bits per heavy atom. The second-order valence-corrected chi connectivity index (χ2v) is 8.27. The van der Waals surface area contributed by atoms with Gasteiger partial charge in [0.1, 0.15) is 6.04 Å². The van der Waals surface area contributed by atoms with E-state index in [2.05, 4.69) is 5.32 Å². The molecule has 1 aliphatic heterocycles. The normalized spacial score (nSPS) is 27.2. The summed E-state index contributed by atoms with van der Waals surface area (Å²) in [5, 5.41) is 12.5. The van der Waals surface area contributed by atoms with Crippen molar-refractivity contribution in [2.75, 3.05) is 25.1 Å². The van der Waals surface area contributed by atoms with Crippen LogP contribution in [-0.2, 0) is 19.1 Å². The Kier molecular flexibility index (Phi) is 7.73. The van der Waals surface area contributed by atoms with Crippen LogP contribution < -0.4 is 5.32 Å². The second-order valence-electron chi connectivity index (χ2n) is 7.86. The van der Waals surface area contributed by atoms with Gasteiger partial charge in [-0.1, -0.05) is 42.8 Å². The Morgan fingerprint density at radius 3 is 2.61 bits per heavy atom. The third kappa shape index (κ3) is 4.62. The van der Waals surface area contributed by atoms with Crippen LogP contribution in [0.4, 0.5) is 5.69 Å². The fourth-order valence-electron chi connectivity index (χ4n) is 4.70. The molecule has 1 saturated heterocycles. The number of esters is 1. The van der Waals surface area contributed by atoms with Crippen LogP contribution in [-0.4, -0.2) is 53.6 Å². The average Bonchev–Trinajstić information content (AvgIpc) is 3.05. The molecule has 1 aromatic rings. The molecule has 0 spiro atoms. The van der Waals surface area contributed by atoms with E-state index < -0.39 is 29.8 Å². The molecule has 1 aromatic carbocycles. The van der Waals surface area contributed by atoms with Gasteiger partial charge in [-0.15, -0.1) is 0 Å². The molecule has 1 fully saturated rings. The molecule has 2 amide bonds. The van der Waals surface area contributed by atoms with Crippen molar-refractivity contribution in [1.82, 2.24) is 4.90 Å². The molecule has 3 rings (SSSR count). The lowest BCUT2D eigenvalue weighted by atomic mass is 9.69. The van der Waals surface area contributed by atoms with Crippen molar-refractivity contribution in [3.8, 4) is 0 Å². The highest BCUT2D eigenvalue weighted by Gasteiger charge is 2.57. The lowest BCUT2D eigenvalue weighted by Gasteiger charge is -2.33. The number of para-hydroxylation sites is 1. The minimum Gasteiger partial charge on any atom is -0.466 e. The Balaban J connectivity index is 1.96. The van der Waals surface area contributed by atoms with Crippen LogP contribution in [0, 0.1) is 23.7 Å². The van der Waals surface area contributed by atoms with Crippen molar-refractivity contribution in [2.24, 2.45) is 23.7 Å². The number of hydrogen-bond donors (Lipinski definition) is 2. The van der Waals surface area contributed by atoms with Gasteiger partial charge in [-0.2, -0.15) is 0 Å². The topological polar surface area (TPSA) is 95.9 Å². The van der Waals surface area contributed by atoms with Crippen molar-refractivity contribution in [3.05, 3.63) is 41.4 Å². The van der Waals surface area contributed by atoms with Crippen molar-refractivity contribution < 1.29 is 24.2 Å². The number of carbonyl (C=O) groups excluding carboxylic acids is 3. The number of aliphatic hydroxyl groups excluding tert-OH is 1. The first-order chi connectivity index (χ1) is 14.9. The average molecular weight is 449 g/mol. The van der Waals surface area contributed by atoms with Gasteiger partial charge < -0.3 is 20.1 Å². The smallest absolute Gasteiger partial charge is 0.310 e. The minimum absolute atomic E-state index is 0.104. The number of hydrogen-bond acceptors (Lipinski definition) is 5. The Bertz CT molecular complexity index is 858. The molecular weight excluding hydrogens is 420 g/mol. The van der Waals surface area contributed by atoms with Crippen LogP contribution in [0.5, 0.6) is 0 Å². The molecule has 8 heteroatoms. The quantitative estimate of drug-likeness (QED) is 0.471. The maximum absolute atomic E-state index is 13.5. The van der Waals surface area contributed by atoms with E-state index in [1.807, 2.05) is 19.1 Å². The van der Waals surface area contributed by atoms with Crippen LogP contribution in [0.1, 0.15) is 26.7 Å². The summed E-state index contributed by atoms with van der Waals surface area (Å²) < 4.78 is 5.29. The monoisotopic (exact) mass is 448 g/mol. The minimum atomic E-state index is -0.800. The number of nitrogens with zero attached hydrogens (tertiary/aromatic N) is 1. The third-order valence-corrected chi connectivity index (χ3v) is 6.43. The fraction of sp³-hybridized carbons (Fsp3) is 0.522. The highest BCUT2D eigenvalue weighted by molar-refractivity contribution is 6.33. The van der Waals surface area contributed by atoms with Gasteiger partial charge in [0.15, 0.2) is 0 Å². The number of ether oxygens (including phenoxy) is 1. The number of amides is 2. The summed E-state index contributed by atoms with van der Waals surface area (Å²) in [6, 6.07) is 6.09. The molecular formula is C23H29ClN2O5. The Hall–Kier alpha value is -2.38. The highest BCUT2D eigenvalue weighted by atomic mass is 35.5. The maximum Gasteiger partial charge on any atom is 0.310 e. The van der Waals surface area contributed by atoms with Crippen molar-refractivity contribution in [1.29, 1.82) is 0 Å². The molecule has 5 atom stereocenters. The summed E-state index contributed by atoms with van der Waals surface area (Å²) in [6.07, 6.45) is 4.85. The molecule has 0 saturated carbocycles. The Morgan fingerprint density at radius 1 is 1.23 bits per heavy atom. The highest BCUT2D eigenvalue weighted by Crippen LogP contribution is 2.45. The second kappa shape index (κ2) is 10.3. The molecule has 0 unspecified atom stereocenters. The summed E-state index contributed by atoms with van der Waals surface area (Å²) in [6.45, 7) is 4.05. The van der Waals surface area contributed by atoms with Crippen LogP contribution >= 0.6 is 11.6 Å². The Labute approximate surface area is 187 Å². The van der Waals surface area contributed by atoms with Crippen molar-refractivity contribution in [2.45, 2.75) is 32.7 Å². The summed E-state index contributed by atoms with van der Waals surface area (Å²) in [4.78, 5) is 41.1. The van der Waals surface area contributed by atoms with Gasteiger partial charge in [-0.25, -0.2) is 0 Å². The van der Waals surface area contributed by atoms with E-state index in [0.29, 0.717) is 23.6 Å². The van der Waals surface area contributed by atoms with Gasteiger partial charge in [0, 0.05) is 19.1 Å². The zero-order valence-electron chi connectivity index (χ0n) is 17.8. The number of fused-ring (bicyclic) bond motifs is 1. The number of likely N-dealkylation sites (tertiary alicyclic amines) is 1. The lowest BCUT2D eigenvalue weighted by molar-refractivity contribution is -0.155. The van der Waals surface area contributed by atoms with Gasteiger partial charge in [-0.3, -0.25) is 14.4 Å². The van der Waals surface area contributed by atoms with E-state index in [0.717, 1.165) is 0 Å². The van der Waals surface area contributed by atoms with E-state index in [4.69, 9.17) is 16.3 Å². The lowest BCUT2D eigenvalue weighted by Crippen LogP contribution is -2.45. The molecule has 168 valence electrons. The van der Waals surface area contributed by atoms with E-state index in [1.54, 1.807) is 31.2 Å². The van der Waals surface area contributed by atoms with E-state index in [-0.39, 0.29) is 37.5 Å². The molecule has 0 radical (unpaired) electrons. The molecule has 31 heavy (non-hydrogen) atoms. The number of aliphatic hydroxyl groups is 1. The first-order valence-corrected chi connectivity index (χ1v) is 11.1. The first kappa shape index (κ1) is 23.3. The number of nitrogens with one attached hydrogen (secondary N) is 1. The first-order valence-electron chi connectivity index (χ1n) is 10.8. The maximum atomic E-state index is 13.5. The van der Waals surface area contributed by atoms with E-state index in [1.165, 1.54) is 4.90 Å². The predicted octanol–water partition coefficient (Wildman–Crippen LogP) is 2.88. The van der Waals surface area contributed by atoms with Crippen LogP contribution in [0.3, 0.4) is 0 Å². The van der Waals surface area contributed by atoms with E-state index in [9.17, 15) is 19.5 Å². The summed E-state index contributed by atoms with van der Waals surface area (Å²) in [7, 11) is 0. The summed E-state index contributed by atoms with van der Waals surface area (Å²) in [5.41, 5.74) is 0.459. The van der Waals surface area contributed by atoms with Gasteiger partial charge in [0.25, 0.3) is 0 Å². The van der Waals surface area contributed by atoms with Crippen molar-refractivity contribution >= 4 is 35.1 Å². The number of allylic oxidation sites excluding steroid dienone is 1. The zero-order chi connectivity index (χ0) is 22.5. The zero-order valence-corrected chi connectivity index (χ0v) is 18.5. The van der Waals surface area contributed by atoms with Crippen LogP contribution in [0.15, 0.2) is 36.4 Å². The number of rotatable bonds is 8. The largest absolute Gasteiger partial charge is 0.466 e. The number of anilines is 1. The summed E-state index contributed by atoms with van der Waals surface area (Å²) in [5.74, 6) is -2.93. The standard InChI is InChI=1S/C23H29ClN2O5/c1-3-14-10-11-15-19(18(14)23(30)31-4-2)22(29)26(12-7-13-27)20(15)21(28)25-17-9-6-5-8-16(17)24/h5-6,8-11,14-15,18-20,27H,3-4,7,12-13H2,1-2H3,(H,25,28)/t14-,15+,18-,19+,20+/m1/s1. The number of halogens is 1. The van der Waals surface area contributed by atoms with E-state index >= 15 is 0 Å². The molecule has 2 N–H and O–H groups in total. The SMILES string of the molecule is CCOC(=O)[C@H]1[C@H]2C(=O)N(CCCO)[C@H](C(=O)Nc3ccccc3Cl)[C@H]2C=C[C@H]1CC. The number of carbonyl (C=O) groups is 3. The van der Waals surface area contributed by atoms with Crippen LogP contribution in [0.25, 0.3) is 0 Å². The number of benzene rings is 1. The van der Waals surface area contributed by atoms with Crippen LogP contribution in [0.2, 0.25) is 5.02 Å². The van der Waals surface area contributed by atoms with Gasteiger partial charge in [-0.05, 0) is 37.8 Å². The van der Waals surface area contributed by atoms with Crippen molar-refractivity contribution in [3.63, 3.8) is 0 Å². The fourth-order valence-corrected chi connectivity index (χ4v) is 4.88.